The molecule has 0 aliphatic carbocycles. The molecule has 0 bridgehead atoms. The number of nitrogens with zero attached hydrogens (tertiary/aromatic N) is 4. The Morgan fingerprint density at radius 3 is 0.541 bits per heavy atom. The number of hydrogen-bond donors (Lipinski definition) is 0. The first-order chi connectivity index (χ1) is 71.9. The zero-order chi connectivity index (χ0) is 102. The summed E-state index contributed by atoms with van der Waals surface area (Å²) in [5.74, 6) is -7.07. The number of hydrogen-bond acceptors (Lipinski definition) is 4. The maximum Gasteiger partial charge on any atom is 0.147 e. The van der Waals surface area contributed by atoms with Crippen LogP contribution in [0.3, 0.4) is 0 Å². The van der Waals surface area contributed by atoms with Crippen molar-refractivity contribution in [3.63, 3.8) is 0 Å². The average molecular weight is 1960 g/mol. The third kappa shape index (κ3) is 17.7. The van der Waals surface area contributed by atoms with Gasteiger partial charge in [0, 0.05) is 56.4 Å². The standard InChI is InChI=1S/C66H42F6N2.C64H36F8N2/c1-39-5-3-7-59(71)65(39)73(55-35-47(41-9-21-51(67)22-10-41)33-48(36-55)42-11-23-52(68)24-12-42)61-31-19-45-18-30-58-62(32-20-46-17-29-57(61)63(45)64(46)58)74(66-40(2)6-4-8-60(66)72)56-37-49(43-13-25-53(69)26-14-43)34-50(38-56)44-15-27-54(70)28-16-44;65-47-13-1-37(2-14-47)43-29-44(38-3-15-48(66)16-4-38)32-53(31-43)73(61-35-51(69)21-25-57(61)71)59-27-11-41-10-24-56-60(28-12-42-9-23-55(59)63(41)64(42)56)74(62-36-52(70)22-26-58(62)72)54-33-45(39-5-17-49(67)18-6-39)30-46(34-54)40-7-19-50(68)20-8-40/h3-38H,1-2H3;1-36H. The Kier molecular flexibility index (Phi) is 24.2. The first kappa shape index (κ1) is 93.2. The van der Waals surface area contributed by atoms with Crippen LogP contribution in [0.2, 0.25) is 0 Å². The summed E-state index contributed by atoms with van der Waals surface area (Å²) in [6.07, 6.45) is 0. The van der Waals surface area contributed by atoms with Gasteiger partial charge in [0.1, 0.15) is 81.4 Å². The summed E-state index contributed by atoms with van der Waals surface area (Å²) < 4.78 is 213. The normalized spacial score (nSPS) is 11.5. The molecule has 0 spiro atoms. The van der Waals surface area contributed by atoms with E-state index in [1.165, 1.54) is 109 Å². The molecule has 0 saturated carbocycles. The summed E-state index contributed by atoms with van der Waals surface area (Å²) in [7, 11) is 0. The van der Waals surface area contributed by atoms with Gasteiger partial charge in [0.25, 0.3) is 0 Å². The molecule has 0 aromatic heterocycles. The van der Waals surface area contributed by atoms with Gasteiger partial charge < -0.3 is 19.6 Å². The lowest BCUT2D eigenvalue weighted by Gasteiger charge is -2.31. The second-order valence-corrected chi connectivity index (χ2v) is 36.7. The SMILES string of the molecule is Cc1cccc(F)c1N(c1cc(-c2ccc(F)cc2)cc(-c2ccc(F)cc2)c1)c1ccc2ccc3c(N(c4cc(-c5ccc(F)cc5)cc(-c5ccc(F)cc5)c4)c4c(C)cccc4F)ccc4ccc1c2c43.Fc1ccc(-c2cc(-c3ccc(F)cc3)cc(N(c3cc(F)ccc3F)c3ccc4ccc5c(N(c6cc(-c7ccc(F)cc7)cc(-c7ccc(F)cc7)c6)c6cc(F)ccc6F)ccc6ccc3c4c65)c2)cc1. The van der Waals surface area contributed by atoms with Crippen LogP contribution in [0.5, 0.6) is 0 Å². The van der Waals surface area contributed by atoms with E-state index in [9.17, 15) is 35.1 Å². The van der Waals surface area contributed by atoms with E-state index >= 15 is 26.3 Å². The summed E-state index contributed by atoms with van der Waals surface area (Å²) in [6, 6.07) is 119. The van der Waals surface area contributed by atoms with E-state index in [1.54, 1.807) is 143 Å². The third-order valence-electron chi connectivity index (χ3n) is 27.4. The van der Waals surface area contributed by atoms with Crippen LogP contribution in [-0.4, -0.2) is 0 Å². The Bertz CT molecular complexity index is 8440. The highest BCUT2D eigenvalue weighted by molar-refractivity contribution is 6.30. The van der Waals surface area contributed by atoms with Crippen molar-refractivity contribution >= 4 is 133 Å². The van der Waals surface area contributed by atoms with Crippen molar-refractivity contribution < 1.29 is 61.5 Å². The second-order valence-electron chi connectivity index (χ2n) is 36.7. The molecule has 4 nitrogen and oxygen atoms in total. The topological polar surface area (TPSA) is 13.0 Å². The van der Waals surface area contributed by atoms with E-state index in [0.29, 0.717) is 123 Å². The number of aryl methyl sites for hydroxylation is 2. The molecule has 0 heterocycles. The molecule has 0 radical (unpaired) electrons. The zero-order valence-electron chi connectivity index (χ0n) is 78.6. The van der Waals surface area contributed by atoms with Gasteiger partial charge in [-0.25, -0.2) is 61.5 Å². The van der Waals surface area contributed by atoms with Gasteiger partial charge in [-0.05, 0) is 388 Å². The zero-order valence-corrected chi connectivity index (χ0v) is 78.6. The number of anilines is 12. The first-order valence-corrected chi connectivity index (χ1v) is 47.6. The molecule has 716 valence electrons. The smallest absolute Gasteiger partial charge is 0.147 e. The van der Waals surface area contributed by atoms with Crippen molar-refractivity contribution in [3.05, 3.63) is 529 Å². The van der Waals surface area contributed by atoms with Crippen molar-refractivity contribution in [1.29, 1.82) is 0 Å². The van der Waals surface area contributed by atoms with Crippen molar-refractivity contribution in [2.45, 2.75) is 13.8 Å². The Hall–Kier alpha value is -18.4. The maximum absolute atomic E-state index is 16.8. The van der Waals surface area contributed by atoms with Gasteiger partial charge in [-0.1, -0.05) is 194 Å². The highest BCUT2D eigenvalue weighted by atomic mass is 19.2. The number of para-hydroxylation sites is 2. The van der Waals surface area contributed by atoms with Gasteiger partial charge in [-0.3, -0.25) is 0 Å². The lowest BCUT2D eigenvalue weighted by molar-refractivity contribution is 0.601. The van der Waals surface area contributed by atoms with Gasteiger partial charge in [-0.2, -0.15) is 0 Å². The molecule has 0 fully saturated rings. The van der Waals surface area contributed by atoms with Gasteiger partial charge >= 0.3 is 0 Å². The number of rotatable bonds is 20. The fraction of sp³-hybridized carbons (Fsp3) is 0.0154. The van der Waals surface area contributed by atoms with E-state index in [0.717, 1.165) is 135 Å². The predicted molar refractivity (Wildman–Crippen MR) is 571 cm³/mol. The van der Waals surface area contributed by atoms with Crippen LogP contribution in [0.15, 0.2) is 437 Å². The fourth-order valence-electron chi connectivity index (χ4n) is 20.5. The lowest BCUT2D eigenvalue weighted by atomic mass is 9.91. The molecular weight excluding hydrogens is 1880 g/mol. The van der Waals surface area contributed by atoms with Gasteiger partial charge in [0.05, 0.1) is 45.5 Å². The molecular formula is C130H78F14N4. The van der Waals surface area contributed by atoms with Gasteiger partial charge in [0.2, 0.25) is 0 Å². The molecule has 24 aromatic carbocycles. The highest BCUT2D eigenvalue weighted by Crippen LogP contribution is 2.55. The van der Waals surface area contributed by atoms with Crippen molar-refractivity contribution in [1.82, 2.24) is 0 Å². The second kappa shape index (κ2) is 38.4. The van der Waals surface area contributed by atoms with Gasteiger partial charge in [0.15, 0.2) is 0 Å². The molecule has 0 saturated heterocycles. The molecule has 0 aliphatic rings. The highest BCUT2D eigenvalue weighted by Gasteiger charge is 2.32. The van der Waals surface area contributed by atoms with Crippen LogP contribution < -0.4 is 19.6 Å². The van der Waals surface area contributed by atoms with Crippen LogP contribution in [0.25, 0.3) is 154 Å². The maximum atomic E-state index is 16.8. The lowest BCUT2D eigenvalue weighted by Crippen LogP contribution is -2.15. The molecule has 0 atom stereocenters. The minimum Gasteiger partial charge on any atom is -0.307 e. The molecule has 18 heteroatoms. The van der Waals surface area contributed by atoms with Crippen molar-refractivity contribution in [3.8, 4) is 89.0 Å². The molecule has 0 N–H and O–H groups in total. The summed E-state index contributed by atoms with van der Waals surface area (Å²) >= 11 is 0. The molecule has 24 rings (SSSR count). The third-order valence-corrected chi connectivity index (χ3v) is 27.4. The minimum absolute atomic E-state index is 0.118. The van der Waals surface area contributed by atoms with Crippen LogP contribution in [0, 0.1) is 95.3 Å². The van der Waals surface area contributed by atoms with Crippen LogP contribution >= 0.6 is 0 Å². The first-order valence-electron chi connectivity index (χ1n) is 47.6. The van der Waals surface area contributed by atoms with E-state index in [-0.39, 0.29) is 34.6 Å². The van der Waals surface area contributed by atoms with Crippen molar-refractivity contribution in [2.24, 2.45) is 0 Å². The summed E-state index contributed by atoms with van der Waals surface area (Å²) in [5, 5.41) is 9.49. The van der Waals surface area contributed by atoms with Gasteiger partial charge in [-0.15, -0.1) is 0 Å². The van der Waals surface area contributed by atoms with Crippen LogP contribution in [0.1, 0.15) is 11.1 Å². The predicted octanol–water partition coefficient (Wildman–Crippen LogP) is 38.9. The largest absolute Gasteiger partial charge is 0.307 e. The Morgan fingerprint density at radius 1 is 0.142 bits per heavy atom. The molecule has 0 aliphatic heterocycles. The summed E-state index contributed by atoms with van der Waals surface area (Å²) in [6.45, 7) is 3.73. The van der Waals surface area contributed by atoms with E-state index in [4.69, 9.17) is 0 Å². The Labute approximate surface area is 841 Å². The molecule has 24 aromatic rings. The molecule has 0 unspecified atom stereocenters. The molecule has 148 heavy (non-hydrogen) atoms. The summed E-state index contributed by atoms with van der Waals surface area (Å²) in [5.41, 5.74) is 16.8. The summed E-state index contributed by atoms with van der Waals surface area (Å²) in [4.78, 5) is 7.09. The van der Waals surface area contributed by atoms with Crippen LogP contribution in [0.4, 0.5) is 130 Å². The number of benzene rings is 24. The fourth-order valence-corrected chi connectivity index (χ4v) is 20.5. The van der Waals surface area contributed by atoms with E-state index in [2.05, 4.69) is 0 Å². The molecule has 0 amide bonds. The monoisotopic (exact) mass is 1960 g/mol. The Balaban J connectivity index is 0.000000163. The van der Waals surface area contributed by atoms with Crippen molar-refractivity contribution in [2.75, 3.05) is 19.6 Å². The van der Waals surface area contributed by atoms with Crippen LogP contribution in [-0.2, 0) is 0 Å². The quantitative estimate of drug-likeness (QED) is 0.0557. The average Bonchev–Trinajstić information content (AvgIpc) is 0.716. The van der Waals surface area contributed by atoms with E-state index < -0.39 is 58.2 Å². The Morgan fingerprint density at radius 2 is 0.331 bits per heavy atom. The number of halogens is 14. The van der Waals surface area contributed by atoms with E-state index in [1.807, 2.05) is 181 Å². The minimum atomic E-state index is -0.731.